The lowest BCUT2D eigenvalue weighted by molar-refractivity contribution is 0.0886. The normalized spacial score (nSPS) is 12.4. The smallest absolute Gasteiger partial charge is 0.271 e. The van der Waals surface area contributed by atoms with Crippen LogP contribution in [-0.4, -0.2) is 30.6 Å². The third kappa shape index (κ3) is 4.72. The van der Waals surface area contributed by atoms with Crippen LogP contribution in [0.15, 0.2) is 5.38 Å². The van der Waals surface area contributed by atoms with Crippen molar-refractivity contribution >= 4 is 17.2 Å². The van der Waals surface area contributed by atoms with E-state index in [0.29, 0.717) is 18.8 Å². The number of hydrogen-bond donors (Lipinski definition) is 2. The van der Waals surface area contributed by atoms with Crippen molar-refractivity contribution in [2.45, 2.75) is 38.8 Å². The van der Waals surface area contributed by atoms with Crippen molar-refractivity contribution < 1.29 is 9.53 Å². The lowest BCUT2D eigenvalue weighted by Gasteiger charge is -2.16. The van der Waals surface area contributed by atoms with E-state index in [0.717, 1.165) is 24.3 Å². The molecule has 0 aliphatic heterocycles. The summed E-state index contributed by atoms with van der Waals surface area (Å²) < 4.78 is 5.11. The fourth-order valence-corrected chi connectivity index (χ4v) is 2.27. The maximum absolute atomic E-state index is 12.0. The number of unbranched alkanes of at least 4 members (excludes halogenated alkanes) is 1. The van der Waals surface area contributed by atoms with E-state index in [1.165, 1.54) is 11.3 Å². The van der Waals surface area contributed by atoms with Gasteiger partial charge in [0.05, 0.1) is 12.6 Å². The number of rotatable bonds is 8. The number of methoxy groups -OCH3 is 1. The van der Waals surface area contributed by atoms with Crippen LogP contribution in [0, 0.1) is 0 Å². The Labute approximate surface area is 112 Å². The highest BCUT2D eigenvalue weighted by molar-refractivity contribution is 7.09. The first-order valence-electron chi connectivity index (χ1n) is 6.15. The van der Waals surface area contributed by atoms with Gasteiger partial charge in [0.25, 0.3) is 5.91 Å². The Morgan fingerprint density at radius 2 is 2.44 bits per heavy atom. The molecule has 1 unspecified atom stereocenters. The maximum atomic E-state index is 12.0. The molecule has 0 radical (unpaired) electrons. The summed E-state index contributed by atoms with van der Waals surface area (Å²) >= 11 is 1.41. The topological polar surface area (TPSA) is 77.2 Å². The highest BCUT2D eigenvalue weighted by Gasteiger charge is 2.15. The Morgan fingerprint density at radius 1 is 1.67 bits per heavy atom. The number of carbonyl (C=O) groups excluding carboxylic acids is 1. The lowest BCUT2D eigenvalue weighted by atomic mass is 10.1. The number of amides is 1. The second-order valence-electron chi connectivity index (χ2n) is 4.10. The average molecular weight is 271 g/mol. The third-order valence-corrected chi connectivity index (χ3v) is 3.44. The lowest BCUT2D eigenvalue weighted by Crippen LogP contribution is -2.38. The van der Waals surface area contributed by atoms with Crippen LogP contribution in [0.25, 0.3) is 0 Å². The van der Waals surface area contributed by atoms with Gasteiger partial charge in [-0.1, -0.05) is 19.8 Å². The minimum Gasteiger partial charge on any atom is -0.383 e. The van der Waals surface area contributed by atoms with Gasteiger partial charge in [-0.2, -0.15) is 0 Å². The summed E-state index contributed by atoms with van der Waals surface area (Å²) in [6.45, 7) is 3.02. The van der Waals surface area contributed by atoms with Gasteiger partial charge in [0, 0.05) is 19.0 Å². The van der Waals surface area contributed by atoms with Gasteiger partial charge in [-0.25, -0.2) is 4.98 Å². The van der Waals surface area contributed by atoms with Crippen LogP contribution in [-0.2, 0) is 11.3 Å². The molecule has 5 nitrogen and oxygen atoms in total. The van der Waals surface area contributed by atoms with Crippen LogP contribution in [0.5, 0.6) is 0 Å². The Kier molecular flexibility index (Phi) is 6.85. The van der Waals surface area contributed by atoms with Crippen molar-refractivity contribution in [1.82, 2.24) is 10.3 Å². The summed E-state index contributed by atoms with van der Waals surface area (Å²) in [5, 5.41) is 5.46. The van der Waals surface area contributed by atoms with E-state index in [2.05, 4.69) is 17.2 Å². The Morgan fingerprint density at radius 3 is 3.00 bits per heavy atom. The number of nitrogens with zero attached hydrogens (tertiary/aromatic N) is 1. The molecule has 1 heterocycles. The molecular weight excluding hydrogens is 250 g/mol. The van der Waals surface area contributed by atoms with Crippen molar-refractivity contribution in [3.05, 3.63) is 16.1 Å². The van der Waals surface area contributed by atoms with Crippen LogP contribution < -0.4 is 11.1 Å². The monoisotopic (exact) mass is 271 g/mol. The number of nitrogens with two attached hydrogens (primary N) is 1. The predicted octanol–water partition coefficient (Wildman–Crippen LogP) is 1.54. The van der Waals surface area contributed by atoms with Crippen molar-refractivity contribution in [2.75, 3.05) is 13.7 Å². The number of ether oxygens (including phenoxy) is 1. The molecule has 3 N–H and O–H groups in total. The molecule has 0 fully saturated rings. The molecule has 0 aliphatic rings. The van der Waals surface area contributed by atoms with Gasteiger partial charge in [0.15, 0.2) is 0 Å². The molecule has 1 amide bonds. The van der Waals surface area contributed by atoms with E-state index in [1.807, 2.05) is 0 Å². The first-order chi connectivity index (χ1) is 8.71. The fourth-order valence-electron chi connectivity index (χ4n) is 1.62. The predicted molar refractivity (Wildman–Crippen MR) is 72.7 cm³/mol. The van der Waals surface area contributed by atoms with E-state index in [4.69, 9.17) is 10.5 Å². The van der Waals surface area contributed by atoms with Crippen LogP contribution in [0.4, 0.5) is 0 Å². The van der Waals surface area contributed by atoms with Crippen molar-refractivity contribution in [1.29, 1.82) is 0 Å². The molecule has 0 bridgehead atoms. The second kappa shape index (κ2) is 8.18. The van der Waals surface area contributed by atoms with Crippen LogP contribution in [0.2, 0.25) is 0 Å². The van der Waals surface area contributed by atoms with Gasteiger partial charge in [-0.3, -0.25) is 4.79 Å². The van der Waals surface area contributed by atoms with Gasteiger partial charge in [0.1, 0.15) is 10.7 Å². The molecule has 1 aromatic rings. The van der Waals surface area contributed by atoms with Gasteiger partial charge in [-0.05, 0) is 6.42 Å². The molecule has 0 saturated heterocycles. The van der Waals surface area contributed by atoms with E-state index < -0.39 is 0 Å². The molecule has 1 aromatic heterocycles. The van der Waals surface area contributed by atoms with E-state index in [1.54, 1.807) is 12.5 Å². The molecule has 6 heteroatoms. The Hall–Kier alpha value is -0.980. The number of aromatic nitrogens is 1. The Balaban J connectivity index is 2.53. The van der Waals surface area contributed by atoms with Gasteiger partial charge in [0.2, 0.25) is 0 Å². The molecule has 102 valence electrons. The maximum Gasteiger partial charge on any atom is 0.271 e. The molecule has 0 spiro atoms. The van der Waals surface area contributed by atoms with Crippen molar-refractivity contribution in [3.63, 3.8) is 0 Å². The summed E-state index contributed by atoms with van der Waals surface area (Å²) in [4.78, 5) is 16.1. The first kappa shape index (κ1) is 15.1. The number of hydrogen-bond acceptors (Lipinski definition) is 5. The van der Waals surface area contributed by atoms with Gasteiger partial charge < -0.3 is 15.8 Å². The first-order valence-corrected chi connectivity index (χ1v) is 7.03. The zero-order valence-electron chi connectivity index (χ0n) is 10.9. The molecule has 0 saturated carbocycles. The molecule has 18 heavy (non-hydrogen) atoms. The molecule has 1 rings (SSSR count). The van der Waals surface area contributed by atoms with E-state index in [-0.39, 0.29) is 11.9 Å². The standard InChI is InChI=1S/C12H21N3O2S/c1-3-4-5-9(7-17-2)14-12(16)10-8-18-11(6-13)15-10/h8-9H,3-7,13H2,1-2H3,(H,14,16). The van der Waals surface area contributed by atoms with Crippen molar-refractivity contribution in [2.24, 2.45) is 5.73 Å². The van der Waals surface area contributed by atoms with E-state index in [9.17, 15) is 4.79 Å². The Bertz CT molecular complexity index is 368. The van der Waals surface area contributed by atoms with E-state index >= 15 is 0 Å². The molecule has 0 aromatic carbocycles. The summed E-state index contributed by atoms with van der Waals surface area (Å²) in [5.41, 5.74) is 5.92. The minimum absolute atomic E-state index is 0.0467. The number of nitrogens with one attached hydrogen (secondary N) is 1. The zero-order chi connectivity index (χ0) is 13.4. The molecule has 0 aliphatic carbocycles. The summed E-state index contributed by atoms with van der Waals surface area (Å²) in [5.74, 6) is -0.149. The SMILES string of the molecule is CCCCC(COC)NC(=O)c1csc(CN)n1. The highest BCUT2D eigenvalue weighted by atomic mass is 32.1. The highest BCUT2D eigenvalue weighted by Crippen LogP contribution is 2.09. The summed E-state index contributed by atoms with van der Waals surface area (Å²) in [6, 6.07) is 0.0467. The average Bonchev–Trinajstić information content (AvgIpc) is 2.85. The molecule has 1 atom stereocenters. The van der Waals surface area contributed by atoms with Crippen molar-refractivity contribution in [3.8, 4) is 0 Å². The molecular formula is C12H21N3O2S. The fraction of sp³-hybridized carbons (Fsp3) is 0.667. The van der Waals surface area contributed by atoms with Crippen LogP contribution in [0.3, 0.4) is 0 Å². The minimum atomic E-state index is -0.149. The quantitative estimate of drug-likeness (QED) is 0.752. The van der Waals surface area contributed by atoms with Gasteiger partial charge >= 0.3 is 0 Å². The number of thiazole rings is 1. The number of carbonyl (C=O) groups is 1. The van der Waals surface area contributed by atoms with Crippen LogP contribution in [0.1, 0.15) is 41.7 Å². The third-order valence-electron chi connectivity index (χ3n) is 2.57. The van der Waals surface area contributed by atoms with Crippen LogP contribution >= 0.6 is 11.3 Å². The largest absolute Gasteiger partial charge is 0.383 e. The second-order valence-corrected chi connectivity index (χ2v) is 5.04. The summed E-state index contributed by atoms with van der Waals surface area (Å²) in [7, 11) is 1.64. The zero-order valence-corrected chi connectivity index (χ0v) is 11.8. The van der Waals surface area contributed by atoms with Gasteiger partial charge in [-0.15, -0.1) is 11.3 Å². The summed E-state index contributed by atoms with van der Waals surface area (Å²) in [6.07, 6.45) is 3.09.